The van der Waals surface area contributed by atoms with Gasteiger partial charge in [-0.1, -0.05) is 25.8 Å². The fraction of sp³-hybridized carbons (Fsp3) is 0.533. The lowest BCUT2D eigenvalue weighted by atomic mass is 9.86. The van der Waals surface area contributed by atoms with Crippen LogP contribution in [0.15, 0.2) is 18.2 Å². The second-order valence-electron chi connectivity index (χ2n) is 5.39. The Labute approximate surface area is 109 Å². The molecule has 2 atom stereocenters. The van der Waals surface area contributed by atoms with E-state index in [1.165, 1.54) is 25.7 Å². The van der Waals surface area contributed by atoms with Gasteiger partial charge in [-0.15, -0.1) is 0 Å². The van der Waals surface area contributed by atoms with E-state index in [2.05, 4.69) is 24.9 Å². The van der Waals surface area contributed by atoms with Crippen molar-refractivity contribution >= 4 is 11.4 Å². The molecule has 0 radical (unpaired) electrons. The summed E-state index contributed by atoms with van der Waals surface area (Å²) >= 11 is 0. The Morgan fingerprint density at radius 3 is 2.83 bits per heavy atom. The molecule has 96 valence electrons. The molecule has 2 unspecified atom stereocenters. The lowest BCUT2D eigenvalue weighted by molar-refractivity contribution is 0.336. The molecule has 0 aromatic heterocycles. The fourth-order valence-corrected chi connectivity index (χ4v) is 2.91. The number of rotatable bonds is 2. The summed E-state index contributed by atoms with van der Waals surface area (Å²) in [5.74, 6) is 0.784. The van der Waals surface area contributed by atoms with Crippen molar-refractivity contribution in [2.45, 2.75) is 38.6 Å². The maximum atomic E-state index is 9.03. The number of para-hydroxylation sites is 1. The van der Waals surface area contributed by atoms with Crippen molar-refractivity contribution in [1.29, 1.82) is 5.26 Å². The van der Waals surface area contributed by atoms with Crippen LogP contribution in [0, 0.1) is 17.2 Å². The molecular formula is C15H21N3. The van der Waals surface area contributed by atoms with E-state index in [9.17, 15) is 0 Å². The summed E-state index contributed by atoms with van der Waals surface area (Å²) in [5.41, 5.74) is 8.25. The maximum Gasteiger partial charge on any atom is 0.101 e. The molecule has 1 fully saturated rings. The Bertz CT molecular complexity index is 461. The van der Waals surface area contributed by atoms with Gasteiger partial charge in [-0.25, -0.2) is 0 Å². The topological polar surface area (TPSA) is 53.0 Å². The average Bonchev–Trinajstić information content (AvgIpc) is 2.38. The number of nitriles is 1. The number of nitrogens with two attached hydrogens (primary N) is 1. The quantitative estimate of drug-likeness (QED) is 0.812. The van der Waals surface area contributed by atoms with Crippen LogP contribution in [0.3, 0.4) is 0 Å². The van der Waals surface area contributed by atoms with Gasteiger partial charge in [0.05, 0.1) is 16.9 Å². The number of hydrogen-bond acceptors (Lipinski definition) is 3. The van der Waals surface area contributed by atoms with Crippen LogP contribution in [0.25, 0.3) is 0 Å². The molecule has 1 aromatic carbocycles. The number of anilines is 2. The van der Waals surface area contributed by atoms with Gasteiger partial charge in [0.25, 0.3) is 0 Å². The molecule has 1 aliphatic rings. The highest BCUT2D eigenvalue weighted by Crippen LogP contribution is 2.33. The highest BCUT2D eigenvalue weighted by molar-refractivity contribution is 5.74. The first-order chi connectivity index (χ1) is 8.63. The SMILES string of the molecule is CC1CCCC(N(C)c2cccc(C#N)c2N)C1. The molecule has 2 rings (SSSR count). The number of hydrogen-bond donors (Lipinski definition) is 1. The van der Waals surface area contributed by atoms with Crippen molar-refractivity contribution < 1.29 is 0 Å². The predicted octanol–water partition coefficient (Wildman–Crippen LogP) is 3.16. The van der Waals surface area contributed by atoms with Gasteiger partial charge in [0.2, 0.25) is 0 Å². The third kappa shape index (κ3) is 2.43. The Balaban J connectivity index is 2.23. The molecule has 0 heterocycles. The van der Waals surface area contributed by atoms with Gasteiger partial charge in [0.15, 0.2) is 0 Å². The highest BCUT2D eigenvalue weighted by atomic mass is 15.1. The van der Waals surface area contributed by atoms with Crippen molar-refractivity contribution in [3.63, 3.8) is 0 Å². The first-order valence-electron chi connectivity index (χ1n) is 6.65. The summed E-state index contributed by atoms with van der Waals surface area (Å²) in [7, 11) is 2.09. The number of nitrogen functional groups attached to an aromatic ring is 1. The van der Waals surface area contributed by atoms with Crippen LogP contribution in [-0.4, -0.2) is 13.1 Å². The number of benzene rings is 1. The van der Waals surface area contributed by atoms with Crippen LogP contribution in [-0.2, 0) is 0 Å². The van der Waals surface area contributed by atoms with E-state index in [4.69, 9.17) is 11.0 Å². The average molecular weight is 243 g/mol. The highest BCUT2D eigenvalue weighted by Gasteiger charge is 2.23. The zero-order valence-corrected chi connectivity index (χ0v) is 11.2. The summed E-state index contributed by atoms with van der Waals surface area (Å²) < 4.78 is 0. The van der Waals surface area contributed by atoms with Crippen LogP contribution in [0.5, 0.6) is 0 Å². The smallest absolute Gasteiger partial charge is 0.101 e. The van der Waals surface area contributed by atoms with E-state index in [1.54, 1.807) is 6.07 Å². The number of nitrogens with zero attached hydrogens (tertiary/aromatic N) is 2. The van der Waals surface area contributed by atoms with E-state index in [1.807, 2.05) is 12.1 Å². The molecule has 0 spiro atoms. The maximum absolute atomic E-state index is 9.03. The minimum absolute atomic E-state index is 0.546. The molecule has 2 N–H and O–H groups in total. The molecule has 3 nitrogen and oxygen atoms in total. The third-order valence-electron chi connectivity index (χ3n) is 4.04. The molecule has 0 saturated heterocycles. The van der Waals surface area contributed by atoms with Crippen LogP contribution >= 0.6 is 0 Å². The first kappa shape index (κ1) is 12.8. The standard InChI is InChI=1S/C15H21N3/c1-11-5-3-7-13(9-11)18(2)14-8-4-6-12(10-16)15(14)17/h4,6,8,11,13H,3,5,7,9,17H2,1-2H3. The van der Waals surface area contributed by atoms with Crippen LogP contribution in [0.4, 0.5) is 11.4 Å². The third-order valence-corrected chi connectivity index (χ3v) is 4.04. The Hall–Kier alpha value is -1.69. The van der Waals surface area contributed by atoms with E-state index < -0.39 is 0 Å². The summed E-state index contributed by atoms with van der Waals surface area (Å²) in [5, 5.41) is 9.03. The van der Waals surface area contributed by atoms with Crippen molar-refractivity contribution in [3.8, 4) is 6.07 Å². The Morgan fingerprint density at radius 2 is 2.17 bits per heavy atom. The fourth-order valence-electron chi connectivity index (χ4n) is 2.91. The van der Waals surface area contributed by atoms with Gasteiger partial charge in [0.1, 0.15) is 6.07 Å². The van der Waals surface area contributed by atoms with Crippen LogP contribution < -0.4 is 10.6 Å². The van der Waals surface area contributed by atoms with E-state index in [0.717, 1.165) is 11.6 Å². The second-order valence-corrected chi connectivity index (χ2v) is 5.39. The first-order valence-corrected chi connectivity index (χ1v) is 6.65. The van der Waals surface area contributed by atoms with Crippen molar-refractivity contribution in [2.75, 3.05) is 17.7 Å². The second kappa shape index (κ2) is 5.30. The van der Waals surface area contributed by atoms with Crippen molar-refractivity contribution in [2.24, 2.45) is 5.92 Å². The van der Waals surface area contributed by atoms with Crippen LogP contribution in [0.2, 0.25) is 0 Å². The zero-order chi connectivity index (χ0) is 13.1. The van der Waals surface area contributed by atoms with Gasteiger partial charge in [-0.3, -0.25) is 0 Å². The van der Waals surface area contributed by atoms with Gasteiger partial charge >= 0.3 is 0 Å². The molecule has 1 saturated carbocycles. The molecule has 3 heteroatoms. The van der Waals surface area contributed by atoms with Gasteiger partial charge in [-0.2, -0.15) is 5.26 Å². The minimum Gasteiger partial charge on any atom is -0.396 e. The van der Waals surface area contributed by atoms with E-state index in [-0.39, 0.29) is 0 Å². The van der Waals surface area contributed by atoms with Crippen molar-refractivity contribution in [1.82, 2.24) is 0 Å². The van der Waals surface area contributed by atoms with Crippen molar-refractivity contribution in [3.05, 3.63) is 23.8 Å². The van der Waals surface area contributed by atoms with Gasteiger partial charge in [0, 0.05) is 13.1 Å². The summed E-state index contributed by atoms with van der Waals surface area (Å²) in [6, 6.07) is 8.39. The lowest BCUT2D eigenvalue weighted by Gasteiger charge is -2.36. The van der Waals surface area contributed by atoms with E-state index in [0.29, 0.717) is 17.3 Å². The Morgan fingerprint density at radius 1 is 1.39 bits per heavy atom. The predicted molar refractivity (Wildman–Crippen MR) is 75.4 cm³/mol. The summed E-state index contributed by atoms with van der Waals surface area (Å²) in [6.45, 7) is 2.31. The molecule has 1 aromatic rings. The molecule has 18 heavy (non-hydrogen) atoms. The molecule has 0 bridgehead atoms. The van der Waals surface area contributed by atoms with E-state index >= 15 is 0 Å². The normalized spacial score (nSPS) is 23.4. The molecule has 0 aliphatic heterocycles. The van der Waals surface area contributed by atoms with Gasteiger partial charge in [-0.05, 0) is 30.9 Å². The Kier molecular flexibility index (Phi) is 3.76. The molecule has 0 amide bonds. The largest absolute Gasteiger partial charge is 0.396 e. The minimum atomic E-state index is 0.546. The molecule has 1 aliphatic carbocycles. The monoisotopic (exact) mass is 243 g/mol. The van der Waals surface area contributed by atoms with Crippen LogP contribution in [0.1, 0.15) is 38.2 Å². The summed E-state index contributed by atoms with van der Waals surface area (Å²) in [6.07, 6.45) is 5.05. The lowest BCUT2D eigenvalue weighted by Crippen LogP contribution is -2.36. The molecular weight excluding hydrogens is 222 g/mol. The van der Waals surface area contributed by atoms with Gasteiger partial charge < -0.3 is 10.6 Å². The zero-order valence-electron chi connectivity index (χ0n) is 11.2. The summed E-state index contributed by atoms with van der Waals surface area (Å²) in [4.78, 5) is 2.26.